The number of anilines is 2. The van der Waals surface area contributed by atoms with Gasteiger partial charge in [0.25, 0.3) is 0 Å². The second kappa shape index (κ2) is 6.87. The summed E-state index contributed by atoms with van der Waals surface area (Å²) in [5.41, 5.74) is 6.78. The summed E-state index contributed by atoms with van der Waals surface area (Å²) < 4.78 is 0. The van der Waals surface area contributed by atoms with E-state index in [1.807, 2.05) is 13.8 Å². The van der Waals surface area contributed by atoms with Crippen LogP contribution in [0.15, 0.2) is 12.1 Å². The minimum absolute atomic E-state index is 0.0384. The minimum atomic E-state index is 0.0384. The highest BCUT2D eigenvalue weighted by Gasteiger charge is 2.17. The van der Waals surface area contributed by atoms with Crippen molar-refractivity contribution < 1.29 is 4.79 Å². The van der Waals surface area contributed by atoms with Crippen molar-refractivity contribution in [1.82, 2.24) is 4.90 Å². The molecule has 1 aromatic carbocycles. The lowest BCUT2D eigenvalue weighted by atomic mass is 10.2. The van der Waals surface area contributed by atoms with Crippen LogP contribution in [0.25, 0.3) is 0 Å². The Morgan fingerprint density at radius 1 is 1.21 bits per heavy atom. The Bertz CT molecular complexity index is 438. The number of hydrogen-bond acceptors (Lipinski definition) is 3. The van der Waals surface area contributed by atoms with Crippen molar-refractivity contribution in [1.29, 1.82) is 0 Å². The van der Waals surface area contributed by atoms with Gasteiger partial charge in [-0.1, -0.05) is 23.2 Å². The highest BCUT2D eigenvalue weighted by molar-refractivity contribution is 6.39. The van der Waals surface area contributed by atoms with Crippen molar-refractivity contribution in [2.45, 2.75) is 13.8 Å². The Morgan fingerprint density at radius 3 is 2.11 bits per heavy atom. The van der Waals surface area contributed by atoms with E-state index < -0.39 is 0 Å². The average Bonchev–Trinajstić information content (AvgIpc) is 2.28. The van der Waals surface area contributed by atoms with Crippen molar-refractivity contribution in [2.75, 3.05) is 37.3 Å². The molecule has 0 aliphatic heterocycles. The van der Waals surface area contributed by atoms with Crippen LogP contribution in [-0.4, -0.2) is 37.5 Å². The smallest absolute Gasteiger partial charge is 0.242 e. The topological polar surface area (TPSA) is 49.6 Å². The number of carbonyl (C=O) groups is 1. The van der Waals surface area contributed by atoms with Gasteiger partial charge in [-0.05, 0) is 26.0 Å². The molecule has 0 aromatic heterocycles. The molecule has 0 radical (unpaired) electrons. The fourth-order valence-corrected chi connectivity index (χ4v) is 2.70. The van der Waals surface area contributed by atoms with E-state index in [0.29, 0.717) is 34.5 Å². The molecule has 6 heteroatoms. The standard InChI is InChI=1S/C13H19Cl2N3O/c1-4-18(5-2)12(19)8-17(3)13-10(14)6-9(16)7-11(13)15/h6-7H,4-5,8,16H2,1-3H3. The molecular weight excluding hydrogens is 285 g/mol. The summed E-state index contributed by atoms with van der Waals surface area (Å²) in [6.07, 6.45) is 0. The molecule has 0 saturated heterocycles. The van der Waals surface area contributed by atoms with Crippen molar-refractivity contribution in [3.8, 4) is 0 Å². The lowest BCUT2D eigenvalue weighted by molar-refractivity contribution is -0.129. The molecule has 0 aliphatic rings. The zero-order valence-corrected chi connectivity index (χ0v) is 12.9. The number of nitrogens with zero attached hydrogens (tertiary/aromatic N) is 2. The molecule has 2 N–H and O–H groups in total. The second-order valence-corrected chi connectivity index (χ2v) is 5.07. The van der Waals surface area contributed by atoms with Gasteiger partial charge in [-0.3, -0.25) is 4.79 Å². The Hall–Kier alpha value is -1.13. The zero-order chi connectivity index (χ0) is 14.6. The van der Waals surface area contributed by atoms with E-state index in [0.717, 1.165) is 0 Å². The molecule has 0 aliphatic carbocycles. The first-order valence-corrected chi connectivity index (χ1v) is 6.89. The molecule has 0 unspecified atom stereocenters. The molecule has 106 valence electrons. The number of halogens is 2. The summed E-state index contributed by atoms with van der Waals surface area (Å²) in [5, 5.41) is 0.889. The molecule has 4 nitrogen and oxygen atoms in total. The largest absolute Gasteiger partial charge is 0.399 e. The van der Waals surface area contributed by atoms with E-state index in [9.17, 15) is 4.79 Å². The summed E-state index contributed by atoms with van der Waals surface area (Å²) in [7, 11) is 1.78. The predicted molar refractivity (Wildman–Crippen MR) is 82.1 cm³/mol. The SMILES string of the molecule is CCN(CC)C(=O)CN(C)c1c(Cl)cc(N)cc1Cl. The van der Waals surface area contributed by atoms with E-state index in [1.165, 1.54) is 0 Å². The number of hydrogen-bond donors (Lipinski definition) is 1. The van der Waals surface area contributed by atoms with Crippen LogP contribution in [0.1, 0.15) is 13.8 Å². The maximum Gasteiger partial charge on any atom is 0.242 e. The van der Waals surface area contributed by atoms with Crippen molar-refractivity contribution in [2.24, 2.45) is 0 Å². The van der Waals surface area contributed by atoms with E-state index in [4.69, 9.17) is 28.9 Å². The molecule has 1 rings (SSSR count). The van der Waals surface area contributed by atoms with Crippen LogP contribution in [0.3, 0.4) is 0 Å². The fraction of sp³-hybridized carbons (Fsp3) is 0.462. The van der Waals surface area contributed by atoms with Gasteiger partial charge in [0.15, 0.2) is 0 Å². The number of rotatable bonds is 5. The quantitative estimate of drug-likeness (QED) is 0.851. The number of nitrogen functional groups attached to an aromatic ring is 1. The second-order valence-electron chi connectivity index (χ2n) is 4.26. The predicted octanol–water partition coefficient (Wildman–Crippen LogP) is 2.88. The molecule has 1 amide bonds. The van der Waals surface area contributed by atoms with Crippen molar-refractivity contribution in [3.63, 3.8) is 0 Å². The lowest BCUT2D eigenvalue weighted by Crippen LogP contribution is -2.39. The maximum atomic E-state index is 12.1. The third kappa shape index (κ3) is 3.91. The van der Waals surface area contributed by atoms with Gasteiger partial charge < -0.3 is 15.5 Å². The van der Waals surface area contributed by atoms with Crippen LogP contribution in [0.5, 0.6) is 0 Å². The van der Waals surface area contributed by atoms with Gasteiger partial charge >= 0.3 is 0 Å². The van der Waals surface area contributed by atoms with Crippen molar-refractivity contribution in [3.05, 3.63) is 22.2 Å². The number of nitrogens with two attached hydrogens (primary N) is 1. The first-order valence-electron chi connectivity index (χ1n) is 6.14. The minimum Gasteiger partial charge on any atom is -0.399 e. The van der Waals surface area contributed by atoms with Crippen LogP contribution >= 0.6 is 23.2 Å². The number of amides is 1. The molecular formula is C13H19Cl2N3O. The van der Waals surface area contributed by atoms with E-state index >= 15 is 0 Å². The molecule has 0 spiro atoms. The molecule has 1 aromatic rings. The van der Waals surface area contributed by atoms with Gasteiger partial charge in [-0.2, -0.15) is 0 Å². The van der Waals surface area contributed by atoms with Crippen LogP contribution in [-0.2, 0) is 4.79 Å². The van der Waals surface area contributed by atoms with E-state index in [-0.39, 0.29) is 12.5 Å². The van der Waals surface area contributed by atoms with Gasteiger partial charge in [-0.25, -0.2) is 0 Å². The first-order chi connectivity index (χ1) is 8.90. The van der Waals surface area contributed by atoms with Gasteiger partial charge in [0.05, 0.1) is 22.3 Å². The van der Waals surface area contributed by atoms with E-state index in [1.54, 1.807) is 29.0 Å². The van der Waals surface area contributed by atoms with Crippen LogP contribution in [0.4, 0.5) is 11.4 Å². The number of likely N-dealkylation sites (N-methyl/N-ethyl adjacent to an activating group) is 2. The van der Waals surface area contributed by atoms with Crippen LogP contribution in [0.2, 0.25) is 10.0 Å². The fourth-order valence-electron chi connectivity index (χ4n) is 1.91. The highest BCUT2D eigenvalue weighted by Crippen LogP contribution is 2.35. The van der Waals surface area contributed by atoms with Gasteiger partial charge in [0.1, 0.15) is 0 Å². The molecule has 0 saturated carbocycles. The summed E-state index contributed by atoms with van der Waals surface area (Å²) in [6.45, 7) is 5.50. The molecule has 0 heterocycles. The van der Waals surface area contributed by atoms with Crippen LogP contribution < -0.4 is 10.6 Å². The Labute approximate surface area is 124 Å². The van der Waals surface area contributed by atoms with Gasteiger partial charge in [-0.15, -0.1) is 0 Å². The number of carbonyl (C=O) groups excluding carboxylic acids is 1. The Kier molecular flexibility index (Phi) is 5.76. The Morgan fingerprint density at radius 2 is 1.68 bits per heavy atom. The van der Waals surface area contributed by atoms with Crippen LogP contribution in [0, 0.1) is 0 Å². The number of benzene rings is 1. The molecule has 0 bridgehead atoms. The zero-order valence-electron chi connectivity index (χ0n) is 11.4. The third-order valence-electron chi connectivity index (χ3n) is 2.91. The maximum absolute atomic E-state index is 12.1. The third-order valence-corrected chi connectivity index (χ3v) is 3.49. The summed E-state index contributed by atoms with van der Waals surface area (Å²) in [6, 6.07) is 3.25. The monoisotopic (exact) mass is 303 g/mol. The highest BCUT2D eigenvalue weighted by atomic mass is 35.5. The Balaban J connectivity index is 2.90. The molecule has 0 fully saturated rings. The molecule has 19 heavy (non-hydrogen) atoms. The summed E-state index contributed by atoms with van der Waals surface area (Å²) >= 11 is 12.3. The van der Waals surface area contributed by atoms with Gasteiger partial charge in [0.2, 0.25) is 5.91 Å². The normalized spacial score (nSPS) is 10.4. The first kappa shape index (κ1) is 15.9. The van der Waals surface area contributed by atoms with E-state index in [2.05, 4.69) is 0 Å². The van der Waals surface area contributed by atoms with Gasteiger partial charge in [0, 0.05) is 25.8 Å². The summed E-state index contributed by atoms with van der Waals surface area (Å²) in [5.74, 6) is 0.0384. The average molecular weight is 304 g/mol. The molecule has 0 atom stereocenters. The summed E-state index contributed by atoms with van der Waals surface area (Å²) in [4.78, 5) is 15.6. The van der Waals surface area contributed by atoms with Crippen molar-refractivity contribution >= 4 is 40.5 Å². The lowest BCUT2D eigenvalue weighted by Gasteiger charge is -2.25.